The molecule has 3 rings (SSSR count). The van der Waals surface area contributed by atoms with Gasteiger partial charge in [-0.3, -0.25) is 10.2 Å². The van der Waals surface area contributed by atoms with Crippen molar-refractivity contribution in [3.63, 3.8) is 0 Å². The lowest BCUT2D eigenvalue weighted by molar-refractivity contribution is -0.0642. The zero-order valence-electron chi connectivity index (χ0n) is 14.2. The van der Waals surface area contributed by atoms with Gasteiger partial charge in [0.2, 0.25) is 0 Å². The number of halogens is 2. The van der Waals surface area contributed by atoms with Crippen LogP contribution in [0.15, 0.2) is 30.9 Å². The number of benzene rings is 1. The average molecular weight is 397 g/mol. The Morgan fingerprint density at radius 1 is 1.08 bits per heavy atom. The first-order chi connectivity index (χ1) is 12.3. The molecule has 0 saturated heterocycles. The van der Waals surface area contributed by atoms with E-state index in [1.165, 1.54) is 12.7 Å². The summed E-state index contributed by atoms with van der Waals surface area (Å²) in [5, 5.41) is 25.6. The first-order valence-electron chi connectivity index (χ1n) is 7.82. The van der Waals surface area contributed by atoms with Crippen molar-refractivity contribution in [2.24, 2.45) is 0 Å². The number of aromatic amines is 2. The molecule has 0 aliphatic rings. The lowest BCUT2D eigenvalue weighted by Gasteiger charge is -2.40. The van der Waals surface area contributed by atoms with E-state index in [0.717, 1.165) is 0 Å². The van der Waals surface area contributed by atoms with Crippen LogP contribution in [-0.4, -0.2) is 47.7 Å². The van der Waals surface area contributed by atoms with Crippen molar-refractivity contribution in [1.29, 1.82) is 0 Å². The second-order valence-electron chi connectivity index (χ2n) is 6.46. The zero-order chi connectivity index (χ0) is 18.8. The third-order valence-electron chi connectivity index (χ3n) is 4.46. The zero-order valence-corrected chi connectivity index (χ0v) is 15.7. The predicted molar refractivity (Wildman–Crippen MR) is 96.4 cm³/mol. The number of hydrogen-bond acceptors (Lipinski definition) is 6. The SMILES string of the molecule is CC(C)(c1ncn[nH]1)C(O)(COc1ccc(Cl)c(Cl)c1)Cc1ncn[nH]1. The number of nitrogens with one attached hydrogen (secondary N) is 2. The topological polar surface area (TPSA) is 113 Å². The molecule has 2 aromatic heterocycles. The van der Waals surface area contributed by atoms with Crippen molar-refractivity contribution >= 4 is 23.2 Å². The van der Waals surface area contributed by atoms with Crippen molar-refractivity contribution in [3.8, 4) is 5.75 Å². The third kappa shape index (κ3) is 3.67. The Bertz CT molecular complexity index is 854. The second kappa shape index (κ2) is 7.22. The van der Waals surface area contributed by atoms with Gasteiger partial charge in [0, 0.05) is 12.5 Å². The molecule has 0 bridgehead atoms. The van der Waals surface area contributed by atoms with E-state index in [4.69, 9.17) is 27.9 Å². The number of aliphatic hydroxyl groups is 1. The van der Waals surface area contributed by atoms with Crippen LogP contribution in [0.2, 0.25) is 10.0 Å². The van der Waals surface area contributed by atoms with Crippen LogP contribution in [0.25, 0.3) is 0 Å². The molecule has 10 heteroatoms. The highest BCUT2D eigenvalue weighted by Gasteiger charge is 2.48. The maximum atomic E-state index is 11.5. The normalized spacial score (nSPS) is 14.2. The van der Waals surface area contributed by atoms with Crippen molar-refractivity contribution < 1.29 is 9.84 Å². The molecule has 0 amide bonds. The van der Waals surface area contributed by atoms with Gasteiger partial charge in [0.25, 0.3) is 0 Å². The first-order valence-corrected chi connectivity index (χ1v) is 8.58. The Balaban J connectivity index is 1.88. The number of ether oxygens (including phenoxy) is 1. The first kappa shape index (κ1) is 18.6. The smallest absolute Gasteiger partial charge is 0.137 e. The van der Waals surface area contributed by atoms with Gasteiger partial charge in [-0.15, -0.1) is 0 Å². The van der Waals surface area contributed by atoms with E-state index in [0.29, 0.717) is 27.4 Å². The Labute approximate surface area is 159 Å². The Morgan fingerprint density at radius 2 is 1.81 bits per heavy atom. The van der Waals surface area contributed by atoms with Crippen molar-refractivity contribution in [1.82, 2.24) is 30.4 Å². The quantitative estimate of drug-likeness (QED) is 0.565. The van der Waals surface area contributed by atoms with Crippen LogP contribution in [0.5, 0.6) is 5.75 Å². The van der Waals surface area contributed by atoms with Crippen LogP contribution >= 0.6 is 23.2 Å². The minimum Gasteiger partial charge on any atom is -0.490 e. The van der Waals surface area contributed by atoms with Crippen LogP contribution in [-0.2, 0) is 11.8 Å². The van der Waals surface area contributed by atoms with Crippen LogP contribution in [0.3, 0.4) is 0 Å². The largest absolute Gasteiger partial charge is 0.490 e. The van der Waals surface area contributed by atoms with Gasteiger partial charge >= 0.3 is 0 Å². The van der Waals surface area contributed by atoms with E-state index >= 15 is 0 Å². The van der Waals surface area contributed by atoms with Crippen LogP contribution < -0.4 is 4.74 Å². The Kier molecular flexibility index (Phi) is 5.17. The highest BCUT2D eigenvalue weighted by atomic mass is 35.5. The van der Waals surface area contributed by atoms with E-state index in [2.05, 4.69) is 30.4 Å². The summed E-state index contributed by atoms with van der Waals surface area (Å²) in [7, 11) is 0. The van der Waals surface area contributed by atoms with Crippen molar-refractivity contribution in [2.45, 2.75) is 31.3 Å². The molecule has 0 saturated carbocycles. The van der Waals surface area contributed by atoms with E-state index in [1.807, 2.05) is 13.8 Å². The van der Waals surface area contributed by atoms with Crippen molar-refractivity contribution in [2.75, 3.05) is 6.61 Å². The van der Waals surface area contributed by atoms with Gasteiger partial charge < -0.3 is 9.84 Å². The van der Waals surface area contributed by atoms with Gasteiger partial charge in [-0.2, -0.15) is 10.2 Å². The molecular formula is C16H18Cl2N6O2. The Morgan fingerprint density at radius 3 is 2.42 bits per heavy atom. The molecule has 8 nitrogen and oxygen atoms in total. The monoisotopic (exact) mass is 396 g/mol. The molecule has 0 fully saturated rings. The highest BCUT2D eigenvalue weighted by Crippen LogP contribution is 2.36. The average Bonchev–Trinajstić information content (AvgIpc) is 3.29. The molecule has 0 aliphatic carbocycles. The van der Waals surface area contributed by atoms with Crippen molar-refractivity contribution in [3.05, 3.63) is 52.5 Å². The maximum absolute atomic E-state index is 11.5. The summed E-state index contributed by atoms with van der Waals surface area (Å²) in [6.45, 7) is 3.66. The molecule has 1 atom stereocenters. The summed E-state index contributed by atoms with van der Waals surface area (Å²) in [4.78, 5) is 8.31. The van der Waals surface area contributed by atoms with Gasteiger partial charge in [-0.05, 0) is 26.0 Å². The highest BCUT2D eigenvalue weighted by molar-refractivity contribution is 6.42. The molecule has 26 heavy (non-hydrogen) atoms. The number of hydrogen-bond donors (Lipinski definition) is 3. The number of H-pyrrole nitrogens is 2. The number of rotatable bonds is 7. The van der Waals surface area contributed by atoms with E-state index in [-0.39, 0.29) is 13.0 Å². The van der Waals surface area contributed by atoms with Crippen LogP contribution in [0.1, 0.15) is 25.5 Å². The minimum absolute atomic E-state index is 0.0423. The third-order valence-corrected chi connectivity index (χ3v) is 5.20. The Hall–Kier alpha value is -2.16. The molecule has 0 spiro atoms. The van der Waals surface area contributed by atoms with Crippen LogP contribution in [0.4, 0.5) is 0 Å². The summed E-state index contributed by atoms with van der Waals surface area (Å²) in [5.74, 6) is 1.54. The summed E-state index contributed by atoms with van der Waals surface area (Å²) >= 11 is 12.0. The lowest BCUT2D eigenvalue weighted by atomic mass is 9.72. The predicted octanol–water partition coefficient (Wildman–Crippen LogP) is 2.56. The van der Waals surface area contributed by atoms with E-state index < -0.39 is 11.0 Å². The van der Waals surface area contributed by atoms with Crippen LogP contribution in [0, 0.1) is 0 Å². The summed E-state index contributed by atoms with van der Waals surface area (Å²) in [5.41, 5.74) is -2.20. The number of nitrogens with zero attached hydrogens (tertiary/aromatic N) is 4. The maximum Gasteiger partial charge on any atom is 0.137 e. The van der Waals surface area contributed by atoms with Gasteiger partial charge in [-0.1, -0.05) is 23.2 Å². The fourth-order valence-corrected chi connectivity index (χ4v) is 2.83. The summed E-state index contributed by atoms with van der Waals surface area (Å²) in [6, 6.07) is 4.92. The summed E-state index contributed by atoms with van der Waals surface area (Å²) < 4.78 is 5.82. The molecule has 3 N–H and O–H groups in total. The molecule has 1 aromatic carbocycles. The van der Waals surface area contributed by atoms with E-state index in [9.17, 15) is 5.11 Å². The molecule has 2 heterocycles. The fraction of sp³-hybridized carbons (Fsp3) is 0.375. The van der Waals surface area contributed by atoms with E-state index in [1.54, 1.807) is 18.2 Å². The molecule has 1 unspecified atom stereocenters. The summed E-state index contributed by atoms with van der Waals surface area (Å²) in [6.07, 6.45) is 2.95. The molecule has 138 valence electrons. The standard InChI is InChI=1S/C16H18Cl2N6O2/c1-15(2,14-20-9-22-24-14)16(25,6-13-19-8-21-23-13)7-26-10-3-4-11(17)12(18)5-10/h3-5,8-9,25H,6-7H2,1-2H3,(H,19,21,23)(H,20,22,24). The van der Waals surface area contributed by atoms with Gasteiger partial charge in [0.1, 0.15) is 42.3 Å². The molecule has 3 aromatic rings. The minimum atomic E-state index is -1.38. The molecule has 0 radical (unpaired) electrons. The molecule has 0 aliphatic heterocycles. The second-order valence-corrected chi connectivity index (χ2v) is 7.28. The van der Waals surface area contributed by atoms with Gasteiger partial charge in [0.15, 0.2) is 0 Å². The fourth-order valence-electron chi connectivity index (χ4n) is 2.54. The molecular weight excluding hydrogens is 379 g/mol. The number of aromatic nitrogens is 6. The van der Waals surface area contributed by atoms with Gasteiger partial charge in [-0.25, -0.2) is 9.97 Å². The lowest BCUT2D eigenvalue weighted by Crippen LogP contribution is -2.54. The van der Waals surface area contributed by atoms with Gasteiger partial charge in [0.05, 0.1) is 15.5 Å².